The van der Waals surface area contributed by atoms with E-state index < -0.39 is 12.1 Å². The summed E-state index contributed by atoms with van der Waals surface area (Å²) >= 11 is 0. The van der Waals surface area contributed by atoms with Gasteiger partial charge in [-0.05, 0) is 12.5 Å². The molecule has 0 fully saturated rings. The van der Waals surface area contributed by atoms with Crippen LogP contribution in [0.4, 0.5) is 4.79 Å². The van der Waals surface area contributed by atoms with Gasteiger partial charge in [0.05, 0.1) is 0 Å². The van der Waals surface area contributed by atoms with Gasteiger partial charge in [-0.15, -0.1) is 0 Å². The number of carboxylic acid groups (broad SMARTS) is 1. The molecular weight excluding hydrogens is 260 g/mol. The zero-order chi connectivity index (χ0) is 15.1. The number of aryl methyl sites for hydroxylation is 1. The smallest absolute Gasteiger partial charge is 0.332 e. The highest BCUT2D eigenvalue weighted by molar-refractivity contribution is 5.74. The van der Waals surface area contributed by atoms with Crippen molar-refractivity contribution in [2.45, 2.75) is 26.0 Å². The second-order valence-corrected chi connectivity index (χ2v) is 4.72. The number of carbonyl (C=O) groups is 2. The molecule has 0 radical (unpaired) electrons. The fourth-order valence-electron chi connectivity index (χ4n) is 1.73. The Morgan fingerprint density at radius 2 is 2.10 bits per heavy atom. The summed E-state index contributed by atoms with van der Waals surface area (Å²) in [6, 6.07) is 7.54. The molecule has 0 aromatic heterocycles. The lowest BCUT2D eigenvalue weighted by molar-refractivity contribution is -0.146. The van der Waals surface area contributed by atoms with Crippen molar-refractivity contribution in [1.29, 1.82) is 0 Å². The largest absolute Gasteiger partial charge is 0.479 e. The van der Waals surface area contributed by atoms with Crippen molar-refractivity contribution in [3.8, 4) is 0 Å². The minimum atomic E-state index is -1.45. The molecule has 0 heterocycles. The highest BCUT2D eigenvalue weighted by Crippen LogP contribution is 2.06. The van der Waals surface area contributed by atoms with E-state index in [0.29, 0.717) is 6.54 Å². The first-order valence-corrected chi connectivity index (χ1v) is 6.35. The molecule has 0 bridgehead atoms. The summed E-state index contributed by atoms with van der Waals surface area (Å²) in [6.07, 6.45) is -1.46. The average molecular weight is 280 g/mol. The van der Waals surface area contributed by atoms with Gasteiger partial charge in [-0.1, -0.05) is 29.8 Å². The number of aliphatic carboxylic acids is 1. The minimum absolute atomic E-state index is 0.0145. The number of aliphatic hydroxyl groups excluding tert-OH is 1. The van der Waals surface area contributed by atoms with Crippen LogP contribution in [-0.2, 0) is 11.3 Å². The average Bonchev–Trinajstić information content (AvgIpc) is 2.38. The quantitative estimate of drug-likeness (QED) is 0.724. The summed E-state index contributed by atoms with van der Waals surface area (Å²) in [7, 11) is 1.66. The summed E-state index contributed by atoms with van der Waals surface area (Å²) in [5, 5.41) is 20.2. The van der Waals surface area contributed by atoms with Crippen molar-refractivity contribution in [3.05, 3.63) is 35.4 Å². The number of rotatable bonds is 6. The van der Waals surface area contributed by atoms with Crippen molar-refractivity contribution in [2.75, 3.05) is 13.6 Å². The van der Waals surface area contributed by atoms with Crippen LogP contribution in [0.25, 0.3) is 0 Å². The molecule has 1 atom stereocenters. The molecule has 6 heteroatoms. The zero-order valence-corrected chi connectivity index (χ0v) is 11.7. The van der Waals surface area contributed by atoms with Crippen molar-refractivity contribution >= 4 is 12.0 Å². The number of hydrogen-bond donors (Lipinski definition) is 3. The molecule has 2 amide bonds. The van der Waals surface area contributed by atoms with Crippen LogP contribution in [0.1, 0.15) is 17.5 Å². The van der Waals surface area contributed by atoms with E-state index in [1.54, 1.807) is 7.05 Å². The number of nitrogens with zero attached hydrogens (tertiary/aromatic N) is 1. The number of hydrogen-bond acceptors (Lipinski definition) is 3. The van der Waals surface area contributed by atoms with E-state index in [2.05, 4.69) is 5.32 Å². The summed E-state index contributed by atoms with van der Waals surface area (Å²) in [6.45, 7) is 2.57. The molecule has 110 valence electrons. The van der Waals surface area contributed by atoms with Crippen molar-refractivity contribution < 1.29 is 19.8 Å². The first-order chi connectivity index (χ1) is 9.40. The predicted octanol–water partition coefficient (Wildman–Crippen LogP) is 0.972. The summed E-state index contributed by atoms with van der Waals surface area (Å²) in [5.74, 6) is -1.28. The number of amides is 2. The van der Waals surface area contributed by atoms with Crippen LogP contribution in [0.15, 0.2) is 24.3 Å². The Balaban J connectivity index is 2.38. The van der Waals surface area contributed by atoms with Crippen LogP contribution < -0.4 is 5.32 Å². The van der Waals surface area contributed by atoms with Gasteiger partial charge in [0.1, 0.15) is 0 Å². The van der Waals surface area contributed by atoms with Gasteiger partial charge in [0.2, 0.25) is 0 Å². The van der Waals surface area contributed by atoms with Crippen LogP contribution in [0.5, 0.6) is 0 Å². The van der Waals surface area contributed by atoms with Crippen molar-refractivity contribution in [2.24, 2.45) is 0 Å². The van der Waals surface area contributed by atoms with Gasteiger partial charge in [0.15, 0.2) is 6.10 Å². The lowest BCUT2D eigenvalue weighted by atomic mass is 10.1. The molecule has 1 aromatic carbocycles. The van der Waals surface area contributed by atoms with E-state index in [-0.39, 0.29) is 19.0 Å². The number of carboxylic acids is 1. The Morgan fingerprint density at radius 3 is 2.70 bits per heavy atom. The van der Waals surface area contributed by atoms with E-state index in [1.807, 2.05) is 31.2 Å². The van der Waals surface area contributed by atoms with Crippen molar-refractivity contribution in [1.82, 2.24) is 10.2 Å². The first kappa shape index (κ1) is 16.0. The molecule has 6 nitrogen and oxygen atoms in total. The second-order valence-electron chi connectivity index (χ2n) is 4.72. The van der Waals surface area contributed by atoms with Gasteiger partial charge in [-0.2, -0.15) is 0 Å². The lowest BCUT2D eigenvalue weighted by Gasteiger charge is -2.18. The van der Waals surface area contributed by atoms with Gasteiger partial charge in [-0.3, -0.25) is 0 Å². The Morgan fingerprint density at radius 1 is 1.40 bits per heavy atom. The second kappa shape index (κ2) is 7.49. The molecule has 0 aliphatic carbocycles. The molecule has 0 aliphatic heterocycles. The normalized spacial score (nSPS) is 11.8. The van der Waals surface area contributed by atoms with Gasteiger partial charge in [0, 0.05) is 26.6 Å². The maximum Gasteiger partial charge on any atom is 0.332 e. The standard InChI is InChI=1S/C14H20N2O4/c1-10-4-3-5-11(8-10)9-16(2)14(20)15-7-6-12(17)13(18)19/h3-5,8,12,17H,6-7,9H2,1-2H3,(H,15,20)(H,18,19)/t12-/m0/s1. The minimum Gasteiger partial charge on any atom is -0.479 e. The highest BCUT2D eigenvalue weighted by atomic mass is 16.4. The third kappa shape index (κ3) is 5.27. The van der Waals surface area contributed by atoms with E-state index in [4.69, 9.17) is 10.2 Å². The van der Waals surface area contributed by atoms with Crippen LogP contribution in [0.2, 0.25) is 0 Å². The van der Waals surface area contributed by atoms with Crippen LogP contribution in [-0.4, -0.2) is 46.8 Å². The third-order valence-corrected chi connectivity index (χ3v) is 2.83. The van der Waals surface area contributed by atoms with Crippen molar-refractivity contribution in [3.63, 3.8) is 0 Å². The molecular formula is C14H20N2O4. The fraction of sp³-hybridized carbons (Fsp3) is 0.429. The number of aliphatic hydroxyl groups is 1. The van der Waals surface area contributed by atoms with E-state index >= 15 is 0 Å². The van der Waals surface area contributed by atoms with Gasteiger partial charge in [-0.25, -0.2) is 9.59 Å². The van der Waals surface area contributed by atoms with E-state index in [0.717, 1.165) is 11.1 Å². The van der Waals surface area contributed by atoms with Gasteiger partial charge < -0.3 is 20.4 Å². The first-order valence-electron chi connectivity index (χ1n) is 6.35. The van der Waals surface area contributed by atoms with Gasteiger partial charge >= 0.3 is 12.0 Å². The molecule has 0 spiro atoms. The fourth-order valence-corrected chi connectivity index (χ4v) is 1.73. The topological polar surface area (TPSA) is 89.9 Å². The van der Waals surface area contributed by atoms with Crippen LogP contribution in [0, 0.1) is 6.92 Å². The Hall–Kier alpha value is -2.08. The SMILES string of the molecule is Cc1cccc(CN(C)C(=O)NCC[C@H](O)C(=O)O)c1. The van der Waals surface area contributed by atoms with Crippen LogP contribution >= 0.6 is 0 Å². The molecule has 3 N–H and O–H groups in total. The molecule has 0 saturated carbocycles. The highest BCUT2D eigenvalue weighted by Gasteiger charge is 2.14. The van der Waals surface area contributed by atoms with Crippen LogP contribution in [0.3, 0.4) is 0 Å². The molecule has 20 heavy (non-hydrogen) atoms. The van der Waals surface area contributed by atoms with E-state index in [9.17, 15) is 9.59 Å². The molecule has 1 aromatic rings. The van der Waals surface area contributed by atoms with E-state index in [1.165, 1.54) is 4.90 Å². The molecule has 0 unspecified atom stereocenters. The number of benzene rings is 1. The summed E-state index contributed by atoms with van der Waals surface area (Å²) in [5.41, 5.74) is 2.15. The Bertz CT molecular complexity index is 476. The molecule has 0 aliphatic rings. The monoisotopic (exact) mass is 280 g/mol. The number of carbonyl (C=O) groups excluding carboxylic acids is 1. The third-order valence-electron chi connectivity index (χ3n) is 2.83. The maximum absolute atomic E-state index is 11.8. The van der Waals surface area contributed by atoms with Gasteiger partial charge in [0.25, 0.3) is 0 Å². The molecule has 0 saturated heterocycles. The number of urea groups is 1. The predicted molar refractivity (Wildman–Crippen MR) is 74.3 cm³/mol. The zero-order valence-electron chi connectivity index (χ0n) is 11.7. The lowest BCUT2D eigenvalue weighted by Crippen LogP contribution is -2.38. The maximum atomic E-state index is 11.8. The Kier molecular flexibility index (Phi) is 5.99. The molecule has 1 rings (SSSR count). The summed E-state index contributed by atoms with van der Waals surface area (Å²) in [4.78, 5) is 23.7. The number of nitrogens with one attached hydrogen (secondary N) is 1. The Labute approximate surface area is 118 Å². The summed E-state index contributed by atoms with van der Waals surface area (Å²) < 4.78 is 0.